The number of sulfonamides is 1. The molecule has 3 fully saturated rings. The molecule has 10 heteroatoms. The first-order chi connectivity index (χ1) is 13.0. The van der Waals surface area contributed by atoms with Crippen LogP contribution in [0.25, 0.3) is 0 Å². The highest BCUT2D eigenvalue weighted by Crippen LogP contribution is 2.30. The molecule has 0 spiro atoms. The number of carbonyl (C=O) groups is 2. The first-order valence-electron chi connectivity index (χ1n) is 9.32. The van der Waals surface area contributed by atoms with Crippen LogP contribution in [0.5, 0.6) is 0 Å². The second-order valence-electron chi connectivity index (χ2n) is 7.34. The van der Waals surface area contributed by atoms with E-state index < -0.39 is 16.1 Å². The highest BCUT2D eigenvalue weighted by molar-refractivity contribution is 8.00. The van der Waals surface area contributed by atoms with Crippen molar-refractivity contribution in [1.82, 2.24) is 19.5 Å². The molecular weight excluding hydrogens is 388 g/mol. The summed E-state index contributed by atoms with van der Waals surface area (Å²) in [5, 5.41) is 2.87. The first-order valence-corrected chi connectivity index (χ1v) is 11.9. The zero-order valence-corrected chi connectivity index (χ0v) is 16.7. The highest BCUT2D eigenvalue weighted by atomic mass is 32.2. The largest absolute Gasteiger partial charge is 0.356 e. The SMILES string of the molecule is O=C(NCC1CC1)C1CSCN1S(=O)(=O)c1c[nH]c(C(=O)N2CCCC2)c1. The van der Waals surface area contributed by atoms with Gasteiger partial charge in [-0.1, -0.05) is 0 Å². The van der Waals surface area contributed by atoms with E-state index in [9.17, 15) is 18.0 Å². The van der Waals surface area contributed by atoms with E-state index in [-0.39, 0.29) is 28.3 Å². The molecule has 1 saturated carbocycles. The lowest BCUT2D eigenvalue weighted by Crippen LogP contribution is -2.47. The van der Waals surface area contributed by atoms with Crippen LogP contribution in [0.2, 0.25) is 0 Å². The number of nitrogens with one attached hydrogen (secondary N) is 2. The predicted octanol–water partition coefficient (Wildman–Crippen LogP) is 0.841. The summed E-state index contributed by atoms with van der Waals surface area (Å²) < 4.78 is 27.3. The maximum Gasteiger partial charge on any atom is 0.270 e. The van der Waals surface area contributed by atoms with Crippen LogP contribution in [-0.2, 0) is 14.8 Å². The van der Waals surface area contributed by atoms with E-state index in [2.05, 4.69) is 10.3 Å². The van der Waals surface area contributed by atoms with Gasteiger partial charge in [0.1, 0.15) is 16.6 Å². The summed E-state index contributed by atoms with van der Waals surface area (Å²) in [6.07, 6.45) is 5.54. The maximum absolute atomic E-state index is 13.0. The average molecular weight is 413 g/mol. The molecule has 1 aromatic rings. The minimum absolute atomic E-state index is 0.0348. The first kappa shape index (κ1) is 18.8. The van der Waals surface area contributed by atoms with Gasteiger partial charge >= 0.3 is 0 Å². The minimum Gasteiger partial charge on any atom is -0.356 e. The molecule has 2 saturated heterocycles. The molecule has 0 bridgehead atoms. The Morgan fingerprint density at radius 2 is 2.00 bits per heavy atom. The molecule has 1 unspecified atom stereocenters. The number of nitrogens with zero attached hydrogens (tertiary/aromatic N) is 2. The van der Waals surface area contributed by atoms with Crippen LogP contribution in [0.15, 0.2) is 17.2 Å². The van der Waals surface area contributed by atoms with Gasteiger partial charge in [-0.05, 0) is 37.7 Å². The van der Waals surface area contributed by atoms with Crippen molar-refractivity contribution in [3.05, 3.63) is 18.0 Å². The molecule has 0 radical (unpaired) electrons. The van der Waals surface area contributed by atoms with Crippen LogP contribution in [0.4, 0.5) is 0 Å². The maximum atomic E-state index is 13.0. The molecule has 3 heterocycles. The number of rotatable bonds is 6. The molecule has 8 nitrogen and oxygen atoms in total. The molecule has 27 heavy (non-hydrogen) atoms. The Hall–Kier alpha value is -1.52. The Morgan fingerprint density at radius 3 is 2.70 bits per heavy atom. The molecule has 1 atom stereocenters. The number of H-pyrrole nitrogens is 1. The van der Waals surface area contributed by atoms with Crippen molar-refractivity contribution in [2.45, 2.75) is 36.6 Å². The topological polar surface area (TPSA) is 103 Å². The molecule has 2 N–H and O–H groups in total. The quantitative estimate of drug-likeness (QED) is 0.721. The van der Waals surface area contributed by atoms with E-state index in [1.165, 1.54) is 28.3 Å². The van der Waals surface area contributed by atoms with Gasteiger partial charge in [0, 0.05) is 31.6 Å². The molecule has 0 aromatic carbocycles. The zero-order chi connectivity index (χ0) is 19.0. The summed E-state index contributed by atoms with van der Waals surface area (Å²) in [7, 11) is -3.84. The standard InChI is InChI=1S/C17H24N4O4S2/c22-16(19-8-12-3-4-12)15-10-26-11-21(15)27(24,25)13-7-14(18-9-13)17(23)20-5-1-2-6-20/h7,9,12,15,18H,1-6,8,10-11H2,(H,19,22). The molecular formula is C17H24N4O4S2. The van der Waals surface area contributed by atoms with Gasteiger partial charge in [-0.2, -0.15) is 4.31 Å². The number of carbonyl (C=O) groups excluding carboxylic acids is 2. The number of hydrogen-bond donors (Lipinski definition) is 2. The van der Waals surface area contributed by atoms with Crippen LogP contribution in [0.1, 0.15) is 36.2 Å². The third-order valence-electron chi connectivity index (χ3n) is 5.29. The van der Waals surface area contributed by atoms with E-state index in [4.69, 9.17) is 0 Å². The minimum atomic E-state index is -3.84. The second-order valence-corrected chi connectivity index (χ2v) is 10.2. The molecule has 2 amide bonds. The lowest BCUT2D eigenvalue weighted by Gasteiger charge is -2.22. The van der Waals surface area contributed by atoms with Gasteiger partial charge in [0.25, 0.3) is 5.91 Å². The van der Waals surface area contributed by atoms with Gasteiger partial charge < -0.3 is 15.2 Å². The zero-order valence-electron chi connectivity index (χ0n) is 15.0. The Kier molecular flexibility index (Phi) is 5.21. The Morgan fingerprint density at radius 1 is 1.26 bits per heavy atom. The number of likely N-dealkylation sites (tertiary alicyclic amines) is 1. The molecule has 4 rings (SSSR count). The van der Waals surface area contributed by atoms with Gasteiger partial charge in [0.05, 0.1) is 5.88 Å². The van der Waals surface area contributed by atoms with Gasteiger partial charge in [0.15, 0.2) is 0 Å². The van der Waals surface area contributed by atoms with E-state index in [0.717, 1.165) is 25.7 Å². The van der Waals surface area contributed by atoms with Crippen molar-refractivity contribution in [3.63, 3.8) is 0 Å². The molecule has 148 valence electrons. The van der Waals surface area contributed by atoms with Crippen LogP contribution >= 0.6 is 11.8 Å². The lowest BCUT2D eigenvalue weighted by molar-refractivity contribution is -0.123. The number of aromatic amines is 1. The van der Waals surface area contributed by atoms with Gasteiger partial charge in [0.2, 0.25) is 15.9 Å². The summed E-state index contributed by atoms with van der Waals surface area (Å²) in [6, 6.07) is 0.685. The predicted molar refractivity (Wildman–Crippen MR) is 102 cm³/mol. The van der Waals surface area contributed by atoms with Crippen molar-refractivity contribution < 1.29 is 18.0 Å². The molecule has 1 aromatic heterocycles. The molecule has 1 aliphatic carbocycles. The Balaban J connectivity index is 1.48. The smallest absolute Gasteiger partial charge is 0.270 e. The number of aromatic nitrogens is 1. The van der Waals surface area contributed by atoms with Gasteiger partial charge in [-0.15, -0.1) is 11.8 Å². The fourth-order valence-corrected chi connectivity index (χ4v) is 6.57. The summed E-state index contributed by atoms with van der Waals surface area (Å²) >= 11 is 1.42. The van der Waals surface area contributed by atoms with E-state index in [1.54, 1.807) is 4.90 Å². The fourth-order valence-electron chi connectivity index (χ4n) is 3.43. The van der Waals surface area contributed by atoms with Crippen LogP contribution in [0.3, 0.4) is 0 Å². The Labute approximate surface area is 163 Å². The van der Waals surface area contributed by atoms with Crippen LogP contribution < -0.4 is 5.32 Å². The monoisotopic (exact) mass is 412 g/mol. The average Bonchev–Trinajstić information content (AvgIpc) is 3.12. The van der Waals surface area contributed by atoms with E-state index >= 15 is 0 Å². The third kappa shape index (κ3) is 3.88. The molecule has 2 aliphatic heterocycles. The van der Waals surface area contributed by atoms with Crippen molar-refractivity contribution >= 4 is 33.6 Å². The van der Waals surface area contributed by atoms with Crippen molar-refractivity contribution in [3.8, 4) is 0 Å². The van der Waals surface area contributed by atoms with Gasteiger partial charge in [-0.3, -0.25) is 9.59 Å². The normalized spacial score (nSPS) is 23.7. The Bertz CT molecular complexity index is 828. The van der Waals surface area contributed by atoms with Crippen molar-refractivity contribution in [2.75, 3.05) is 31.3 Å². The van der Waals surface area contributed by atoms with Crippen LogP contribution in [0, 0.1) is 5.92 Å². The lowest BCUT2D eigenvalue weighted by atomic mass is 10.3. The van der Waals surface area contributed by atoms with Crippen molar-refractivity contribution in [2.24, 2.45) is 5.92 Å². The molecule has 3 aliphatic rings. The number of amides is 2. The summed E-state index contributed by atoms with van der Waals surface area (Å²) in [6.45, 7) is 2.02. The summed E-state index contributed by atoms with van der Waals surface area (Å²) in [5.41, 5.74) is 0.275. The third-order valence-corrected chi connectivity index (χ3v) is 8.30. The summed E-state index contributed by atoms with van der Waals surface area (Å²) in [4.78, 5) is 29.5. The van der Waals surface area contributed by atoms with Gasteiger partial charge in [-0.25, -0.2) is 8.42 Å². The number of thioether (sulfide) groups is 1. The van der Waals surface area contributed by atoms with Crippen LogP contribution in [-0.4, -0.2) is 71.7 Å². The highest BCUT2D eigenvalue weighted by Gasteiger charge is 2.41. The van der Waals surface area contributed by atoms with E-state index in [1.807, 2.05) is 0 Å². The number of hydrogen-bond acceptors (Lipinski definition) is 5. The summed E-state index contributed by atoms with van der Waals surface area (Å²) in [5.74, 6) is 0.809. The van der Waals surface area contributed by atoms with Crippen molar-refractivity contribution in [1.29, 1.82) is 0 Å². The fraction of sp³-hybridized carbons (Fsp3) is 0.647. The van der Waals surface area contributed by atoms with E-state index in [0.29, 0.717) is 31.3 Å². The second kappa shape index (κ2) is 7.48.